The molecule has 0 aliphatic heterocycles. The first-order valence-corrected chi connectivity index (χ1v) is 14.9. The third-order valence-corrected chi connectivity index (χ3v) is 7.07. The summed E-state index contributed by atoms with van der Waals surface area (Å²) in [5, 5.41) is 0. The topological polar surface area (TPSA) is 78.9 Å². The maximum Gasteiger partial charge on any atom is 0.448 e. The van der Waals surface area contributed by atoms with Crippen LogP contribution in [0.2, 0.25) is 0 Å². The van der Waals surface area contributed by atoms with Crippen molar-refractivity contribution in [2.75, 3.05) is 19.8 Å². The van der Waals surface area contributed by atoms with Gasteiger partial charge < -0.3 is 14.2 Å². The molecule has 0 aromatic carbocycles. The maximum atomic E-state index is 11.8. The van der Waals surface area contributed by atoms with Gasteiger partial charge in [0.2, 0.25) is 12.2 Å². The third-order valence-electron chi connectivity index (χ3n) is 7.07. The molecule has 0 aromatic heterocycles. The number of allylic oxidation sites excluding steroid dienone is 7. The highest BCUT2D eigenvalue weighted by atomic mass is 16.5. The van der Waals surface area contributed by atoms with Crippen LogP contribution in [0, 0.1) is 36.5 Å². The van der Waals surface area contributed by atoms with Crippen LogP contribution in [0.1, 0.15) is 94.9 Å². The molecule has 4 atom stereocenters. The largest absolute Gasteiger partial charge is 0.466 e. The van der Waals surface area contributed by atoms with Gasteiger partial charge in [0.05, 0.1) is 17.4 Å². The van der Waals surface area contributed by atoms with E-state index in [2.05, 4.69) is 71.6 Å². The summed E-state index contributed by atoms with van der Waals surface area (Å²) in [5.41, 5.74) is 3.34. The van der Waals surface area contributed by atoms with Gasteiger partial charge >= 0.3 is 17.9 Å². The molecular weight excluding hydrogens is 528 g/mol. The van der Waals surface area contributed by atoms with Crippen molar-refractivity contribution in [1.82, 2.24) is 0 Å². The molecule has 0 fully saturated rings. The maximum absolute atomic E-state index is 11.8. The molecule has 236 valence electrons. The molecule has 0 amide bonds. The average molecular weight is 587 g/mol. The van der Waals surface area contributed by atoms with E-state index in [4.69, 9.17) is 9.47 Å². The minimum atomic E-state index is -0.424. The summed E-state index contributed by atoms with van der Waals surface area (Å²) >= 11 is 0. The van der Waals surface area contributed by atoms with E-state index in [0.717, 1.165) is 31.3 Å². The van der Waals surface area contributed by atoms with Gasteiger partial charge in [-0.2, -0.15) is 4.79 Å². The van der Waals surface area contributed by atoms with Crippen LogP contribution in [-0.4, -0.2) is 37.7 Å². The van der Waals surface area contributed by atoms with Crippen LogP contribution in [0.15, 0.2) is 59.8 Å². The molecule has 0 saturated carbocycles. The molecule has 2 aliphatic carbocycles. The van der Waals surface area contributed by atoms with Crippen LogP contribution in [0.4, 0.5) is 0 Å². The Kier molecular flexibility index (Phi) is 20.2. The van der Waals surface area contributed by atoms with Gasteiger partial charge in [0.25, 0.3) is 0 Å². The molecule has 0 spiro atoms. The van der Waals surface area contributed by atoms with E-state index < -0.39 is 5.97 Å². The summed E-state index contributed by atoms with van der Waals surface area (Å²) in [6.45, 7) is 34.8. The molecule has 0 saturated heterocycles. The van der Waals surface area contributed by atoms with Crippen molar-refractivity contribution in [1.29, 1.82) is 0 Å². The molecule has 0 radical (unpaired) electrons. The van der Waals surface area contributed by atoms with Gasteiger partial charge in [0.1, 0.15) is 13.5 Å². The summed E-state index contributed by atoms with van der Waals surface area (Å²) in [4.78, 5) is 33.9. The zero-order valence-corrected chi connectivity index (χ0v) is 28.2. The van der Waals surface area contributed by atoms with Crippen LogP contribution in [0.25, 0.3) is 0 Å². The third kappa shape index (κ3) is 15.7. The first-order valence-electron chi connectivity index (χ1n) is 14.9. The molecule has 4 unspecified atom stereocenters. The second-order valence-corrected chi connectivity index (χ2v) is 11.7. The number of esters is 3. The molecule has 0 heterocycles. The van der Waals surface area contributed by atoms with E-state index in [1.807, 2.05) is 46.8 Å². The van der Waals surface area contributed by atoms with Gasteiger partial charge in [0, 0.05) is 13.5 Å². The lowest BCUT2D eigenvalue weighted by Crippen LogP contribution is -2.37. The fourth-order valence-electron chi connectivity index (χ4n) is 4.90. The zero-order chi connectivity index (χ0) is 33.1. The van der Waals surface area contributed by atoms with Crippen LogP contribution >= 0.6 is 0 Å². The van der Waals surface area contributed by atoms with Crippen molar-refractivity contribution in [3.8, 4) is 0 Å². The Hall–Kier alpha value is -3.15. The SMILES string of the molecule is C=C(C)/C=C/C.C=C([CH2+])C(=O)OCC.CCOC(=O)C1(C)CC(C)=CC(C)C1.[CH2+]COC(=O)C1(C)CCC(C)=CC1C. The van der Waals surface area contributed by atoms with Gasteiger partial charge in [-0.15, -0.1) is 0 Å². The Bertz CT molecular complexity index is 985. The van der Waals surface area contributed by atoms with Crippen LogP contribution in [0.3, 0.4) is 0 Å². The molecule has 0 N–H and O–H groups in total. The second-order valence-electron chi connectivity index (χ2n) is 11.7. The van der Waals surface area contributed by atoms with Crippen LogP contribution in [-0.2, 0) is 28.6 Å². The molecule has 6 nitrogen and oxygen atoms in total. The monoisotopic (exact) mass is 586 g/mol. The first-order chi connectivity index (χ1) is 19.4. The molecule has 2 rings (SSSR count). The van der Waals surface area contributed by atoms with E-state index in [1.165, 1.54) is 11.1 Å². The fraction of sp³-hybridized carbons (Fsp3) is 0.583. The molecule has 0 aromatic rings. The minimum Gasteiger partial charge on any atom is -0.466 e. The lowest BCUT2D eigenvalue weighted by Gasteiger charge is -2.35. The standard InChI is InChI=1S/C12H20O2.C12H19O2.C6H9O2.C6H10/c1-5-14-11(13)12(4)7-9(2)6-10(3)8-12;1-5-14-11(13)12(4)7-6-9(2)8-10(12)3;1-4-8-6(7)5(2)3;1-4-5-6(2)3/h6,9H,5,7-8H2,1-4H3;8,10H,1,5-7H2,2-4H3;2-4H2,1H3;4-5H,2H2,1,3H3/q;2*+1;/b;;;5-4+. The quantitative estimate of drug-likeness (QED) is 0.0741. The fourth-order valence-corrected chi connectivity index (χ4v) is 4.90. The Labute approximate surface area is 257 Å². The lowest BCUT2D eigenvalue weighted by molar-refractivity contribution is -0.157. The smallest absolute Gasteiger partial charge is 0.448 e. The molecule has 0 bridgehead atoms. The Morgan fingerprint density at radius 1 is 1.00 bits per heavy atom. The summed E-state index contributed by atoms with van der Waals surface area (Å²) < 4.78 is 14.6. The van der Waals surface area contributed by atoms with Crippen molar-refractivity contribution in [2.45, 2.75) is 94.9 Å². The van der Waals surface area contributed by atoms with Crippen molar-refractivity contribution in [2.24, 2.45) is 22.7 Å². The number of ether oxygens (including phenoxy) is 3. The molecule has 6 heteroatoms. The summed E-state index contributed by atoms with van der Waals surface area (Å²) in [6, 6.07) is 0. The molecule has 42 heavy (non-hydrogen) atoms. The van der Waals surface area contributed by atoms with Gasteiger partial charge in [-0.25, -0.2) is 0 Å². The normalized spacial score (nSPS) is 24.4. The number of hydrogen-bond acceptors (Lipinski definition) is 6. The van der Waals surface area contributed by atoms with Crippen LogP contribution in [0.5, 0.6) is 0 Å². The van der Waals surface area contributed by atoms with Gasteiger partial charge in [-0.3, -0.25) is 9.59 Å². The minimum absolute atomic E-state index is 0.0423. The van der Waals surface area contributed by atoms with Crippen molar-refractivity contribution < 1.29 is 28.6 Å². The van der Waals surface area contributed by atoms with E-state index in [9.17, 15) is 14.4 Å². The lowest BCUT2D eigenvalue weighted by atomic mass is 9.70. The highest BCUT2D eigenvalue weighted by Crippen LogP contribution is 2.41. The number of rotatable bonds is 7. The predicted octanol–water partition coefficient (Wildman–Crippen LogP) is 8.76. The van der Waals surface area contributed by atoms with Gasteiger partial charge in [0.15, 0.2) is 0 Å². The highest BCUT2D eigenvalue weighted by Gasteiger charge is 2.41. The number of carbonyl (C=O) groups is 3. The van der Waals surface area contributed by atoms with Gasteiger partial charge in [-0.1, -0.05) is 61.4 Å². The second kappa shape index (κ2) is 20.7. The molecular formula is C36H58O6+2. The van der Waals surface area contributed by atoms with Crippen LogP contribution < -0.4 is 0 Å². The number of carbonyl (C=O) groups excluding carboxylic acids is 3. The first kappa shape index (κ1) is 41.0. The van der Waals surface area contributed by atoms with E-state index in [-0.39, 0.29) is 40.9 Å². The Morgan fingerprint density at radius 2 is 1.57 bits per heavy atom. The van der Waals surface area contributed by atoms with Crippen molar-refractivity contribution >= 4 is 17.9 Å². The summed E-state index contributed by atoms with van der Waals surface area (Å²) in [5.74, 6) is 0.170. The van der Waals surface area contributed by atoms with E-state index >= 15 is 0 Å². The Morgan fingerprint density at radius 3 is 1.93 bits per heavy atom. The van der Waals surface area contributed by atoms with E-state index in [0.29, 0.717) is 19.1 Å². The number of hydrogen-bond donors (Lipinski definition) is 0. The van der Waals surface area contributed by atoms with Gasteiger partial charge in [-0.05, 0) is 92.9 Å². The van der Waals surface area contributed by atoms with Crippen molar-refractivity contribution in [3.05, 3.63) is 73.6 Å². The Balaban J connectivity index is 0. The summed E-state index contributed by atoms with van der Waals surface area (Å²) in [6.07, 6.45) is 12.0. The average Bonchev–Trinajstić information content (AvgIpc) is 2.87. The molecule has 2 aliphatic rings. The predicted molar refractivity (Wildman–Crippen MR) is 174 cm³/mol. The highest BCUT2D eigenvalue weighted by molar-refractivity contribution is 5.88. The zero-order valence-electron chi connectivity index (χ0n) is 28.2. The van der Waals surface area contributed by atoms with E-state index in [1.54, 1.807) is 6.92 Å². The summed E-state index contributed by atoms with van der Waals surface area (Å²) in [7, 11) is 0. The van der Waals surface area contributed by atoms with Crippen molar-refractivity contribution in [3.63, 3.8) is 0 Å².